The summed E-state index contributed by atoms with van der Waals surface area (Å²) in [6.45, 7) is 9.51. The number of benzene rings is 2. The zero-order valence-electron chi connectivity index (χ0n) is 21.6. The molecule has 0 aliphatic carbocycles. The third-order valence-corrected chi connectivity index (χ3v) is 6.97. The van der Waals surface area contributed by atoms with Crippen LogP contribution in [0.15, 0.2) is 53.5 Å². The molecule has 0 spiro atoms. The minimum Gasteiger partial charge on any atom is -0.367 e. The number of nitrogens with one attached hydrogen (secondary N) is 1. The second kappa shape index (κ2) is 9.32. The highest BCUT2D eigenvalue weighted by Gasteiger charge is 2.38. The topological polar surface area (TPSA) is 111 Å². The molecule has 38 heavy (non-hydrogen) atoms. The van der Waals surface area contributed by atoms with Crippen LogP contribution < -0.4 is 21.5 Å². The normalized spacial score (nSPS) is 16.9. The van der Waals surface area contributed by atoms with Gasteiger partial charge in [-0.2, -0.15) is 14.9 Å². The van der Waals surface area contributed by atoms with Crippen molar-refractivity contribution in [2.45, 2.75) is 39.8 Å². The number of aromatic nitrogens is 4. The largest absolute Gasteiger partial charge is 0.367 e. The van der Waals surface area contributed by atoms with Crippen LogP contribution in [0.2, 0.25) is 0 Å². The monoisotopic (exact) mass is 521 g/mol. The minimum absolute atomic E-state index is 0.0812. The van der Waals surface area contributed by atoms with E-state index in [4.69, 9.17) is 5.73 Å². The van der Waals surface area contributed by atoms with Crippen molar-refractivity contribution in [3.63, 3.8) is 0 Å². The lowest BCUT2D eigenvalue weighted by molar-refractivity contribution is 0.102. The number of para-hydroxylation sites is 1. The molecule has 4 aromatic rings. The van der Waals surface area contributed by atoms with Crippen LogP contribution in [-0.2, 0) is 0 Å². The van der Waals surface area contributed by atoms with Crippen molar-refractivity contribution in [1.29, 1.82) is 0 Å². The van der Waals surface area contributed by atoms with Gasteiger partial charge in [0.25, 0.3) is 11.5 Å². The van der Waals surface area contributed by atoms with E-state index in [0.717, 1.165) is 34.8 Å². The molecule has 0 bridgehead atoms. The van der Waals surface area contributed by atoms with Crippen molar-refractivity contribution in [2.24, 2.45) is 11.1 Å². The van der Waals surface area contributed by atoms with Crippen LogP contribution in [0.25, 0.3) is 16.6 Å². The number of rotatable bonds is 5. The summed E-state index contributed by atoms with van der Waals surface area (Å²) < 4.78 is 31.1. The summed E-state index contributed by atoms with van der Waals surface area (Å²) in [7, 11) is 0. The van der Waals surface area contributed by atoms with Crippen LogP contribution in [0.5, 0.6) is 0 Å². The van der Waals surface area contributed by atoms with Gasteiger partial charge in [-0.3, -0.25) is 14.3 Å². The van der Waals surface area contributed by atoms with E-state index in [1.807, 2.05) is 30.8 Å². The quantitative estimate of drug-likeness (QED) is 0.413. The summed E-state index contributed by atoms with van der Waals surface area (Å²) in [6.07, 6.45) is 1.95. The predicted octanol–water partition coefficient (Wildman–Crippen LogP) is 3.87. The first-order valence-corrected chi connectivity index (χ1v) is 12.3. The van der Waals surface area contributed by atoms with Gasteiger partial charge in [0.05, 0.1) is 16.9 Å². The van der Waals surface area contributed by atoms with Gasteiger partial charge in [-0.25, -0.2) is 8.78 Å². The fraction of sp³-hybridized carbons (Fsp3) is 0.333. The number of halogens is 2. The lowest BCUT2D eigenvalue weighted by Gasteiger charge is -2.25. The standard InChI is InChI=1S/C27H29F2N7O2/c1-15(2)35-12-16-19(32-35)8-9-20(24(16)34-13-22(30)27(3,4)14-34)31-26(38)21-10-11-23(37)36(33-21)25-17(28)6-5-7-18(25)29/h5-12,15,22H,13-14,30H2,1-4H3,(H,31,38)/t22-/m0/s1. The molecule has 1 amide bonds. The summed E-state index contributed by atoms with van der Waals surface area (Å²) in [5, 5.41) is 12.4. The molecule has 9 nitrogen and oxygen atoms in total. The number of carbonyl (C=O) groups excluding carboxylic acids is 1. The number of hydrogen-bond donors (Lipinski definition) is 2. The summed E-state index contributed by atoms with van der Waals surface area (Å²) in [5.74, 6) is -2.59. The van der Waals surface area contributed by atoms with Crippen molar-refractivity contribution < 1.29 is 13.6 Å². The van der Waals surface area contributed by atoms with Gasteiger partial charge in [-0.15, -0.1) is 0 Å². The number of hydrogen-bond acceptors (Lipinski definition) is 6. The Labute approximate surface area is 217 Å². The Hall–Kier alpha value is -4.12. The molecule has 3 N–H and O–H groups in total. The average molecular weight is 522 g/mol. The smallest absolute Gasteiger partial charge is 0.276 e. The maximum Gasteiger partial charge on any atom is 0.276 e. The van der Waals surface area contributed by atoms with Gasteiger partial charge in [-0.1, -0.05) is 19.9 Å². The van der Waals surface area contributed by atoms with E-state index in [9.17, 15) is 18.4 Å². The molecule has 11 heteroatoms. The molecule has 2 aromatic carbocycles. The number of carbonyl (C=O) groups is 1. The second-order valence-electron chi connectivity index (χ2n) is 10.6. The van der Waals surface area contributed by atoms with Crippen molar-refractivity contribution in [1.82, 2.24) is 19.6 Å². The van der Waals surface area contributed by atoms with Crippen LogP contribution in [0.4, 0.5) is 20.2 Å². The van der Waals surface area contributed by atoms with Gasteiger partial charge < -0.3 is 16.0 Å². The zero-order valence-corrected chi connectivity index (χ0v) is 21.6. The Morgan fingerprint density at radius 2 is 1.79 bits per heavy atom. The van der Waals surface area contributed by atoms with E-state index in [2.05, 4.69) is 34.3 Å². The van der Waals surface area contributed by atoms with Crippen molar-refractivity contribution >= 4 is 28.2 Å². The van der Waals surface area contributed by atoms with Crippen molar-refractivity contribution in [3.05, 3.63) is 76.3 Å². The highest BCUT2D eigenvalue weighted by atomic mass is 19.1. The second-order valence-corrected chi connectivity index (χ2v) is 10.6. The van der Waals surface area contributed by atoms with Gasteiger partial charge in [0, 0.05) is 42.8 Å². The Kier molecular flexibility index (Phi) is 6.26. The van der Waals surface area contributed by atoms with Gasteiger partial charge in [0.1, 0.15) is 11.4 Å². The molecule has 0 saturated carbocycles. The van der Waals surface area contributed by atoms with Crippen molar-refractivity contribution in [3.8, 4) is 5.69 Å². The molecular formula is C27H29F2N7O2. The summed E-state index contributed by atoms with van der Waals surface area (Å²) in [6, 6.07) is 9.11. The maximum absolute atomic E-state index is 14.4. The Morgan fingerprint density at radius 3 is 2.42 bits per heavy atom. The highest BCUT2D eigenvalue weighted by molar-refractivity contribution is 6.08. The van der Waals surface area contributed by atoms with E-state index >= 15 is 0 Å². The average Bonchev–Trinajstić information content (AvgIpc) is 3.40. The summed E-state index contributed by atoms with van der Waals surface area (Å²) in [5.41, 5.74) is 6.72. The molecule has 0 unspecified atom stereocenters. The molecule has 1 fully saturated rings. The van der Waals surface area contributed by atoms with Crippen LogP contribution >= 0.6 is 0 Å². The number of nitrogens with zero attached hydrogens (tertiary/aromatic N) is 5. The third-order valence-electron chi connectivity index (χ3n) is 6.97. The first kappa shape index (κ1) is 25.5. The molecule has 2 aromatic heterocycles. The first-order chi connectivity index (χ1) is 18.0. The lowest BCUT2D eigenvalue weighted by Crippen LogP contribution is -2.35. The van der Waals surface area contributed by atoms with E-state index in [1.54, 1.807) is 6.07 Å². The Morgan fingerprint density at radius 1 is 1.08 bits per heavy atom. The molecule has 5 rings (SSSR count). The van der Waals surface area contributed by atoms with Crippen LogP contribution in [0.1, 0.15) is 44.2 Å². The molecule has 1 atom stereocenters. The molecular weight excluding hydrogens is 492 g/mol. The number of fused-ring (bicyclic) bond motifs is 1. The minimum atomic E-state index is -0.972. The molecule has 0 radical (unpaired) electrons. The highest BCUT2D eigenvalue weighted by Crippen LogP contribution is 2.40. The van der Waals surface area contributed by atoms with Crippen LogP contribution in [0, 0.1) is 17.0 Å². The first-order valence-electron chi connectivity index (χ1n) is 12.3. The number of nitrogens with two attached hydrogens (primary N) is 1. The summed E-state index contributed by atoms with van der Waals surface area (Å²) >= 11 is 0. The number of amides is 1. The van der Waals surface area contributed by atoms with Gasteiger partial charge >= 0.3 is 0 Å². The van der Waals surface area contributed by atoms with E-state index in [1.165, 1.54) is 12.1 Å². The lowest BCUT2D eigenvalue weighted by atomic mass is 9.89. The molecule has 1 saturated heterocycles. The third kappa shape index (κ3) is 4.43. The molecule has 1 aliphatic heterocycles. The number of anilines is 2. The van der Waals surface area contributed by atoms with E-state index in [0.29, 0.717) is 23.5 Å². The van der Waals surface area contributed by atoms with E-state index in [-0.39, 0.29) is 23.2 Å². The van der Waals surface area contributed by atoms with Crippen LogP contribution in [0.3, 0.4) is 0 Å². The molecule has 198 valence electrons. The molecule has 3 heterocycles. The Bertz CT molecular complexity index is 1590. The Balaban J connectivity index is 1.57. The van der Waals surface area contributed by atoms with Gasteiger partial charge in [0.2, 0.25) is 0 Å². The molecule has 1 aliphatic rings. The SMILES string of the molecule is CC(C)n1cc2c(N3C[C@H](N)C(C)(C)C3)c(NC(=O)c3ccc(=O)n(-c4c(F)cccc4F)n3)ccc2n1. The van der Waals surface area contributed by atoms with E-state index < -0.39 is 28.8 Å². The fourth-order valence-electron chi connectivity index (χ4n) is 4.70. The fourth-order valence-corrected chi connectivity index (χ4v) is 4.70. The van der Waals surface area contributed by atoms with Gasteiger partial charge in [-0.05, 0) is 49.6 Å². The maximum atomic E-state index is 14.4. The van der Waals surface area contributed by atoms with Crippen LogP contribution in [-0.4, -0.2) is 44.6 Å². The predicted molar refractivity (Wildman–Crippen MR) is 142 cm³/mol. The van der Waals surface area contributed by atoms with Crippen molar-refractivity contribution in [2.75, 3.05) is 23.3 Å². The van der Waals surface area contributed by atoms with Gasteiger partial charge in [0.15, 0.2) is 11.6 Å². The zero-order chi connectivity index (χ0) is 27.4. The summed E-state index contributed by atoms with van der Waals surface area (Å²) in [4.78, 5) is 27.9.